The van der Waals surface area contributed by atoms with Crippen LogP contribution in [0.1, 0.15) is 150 Å². The summed E-state index contributed by atoms with van der Waals surface area (Å²) in [6, 6.07) is 53.8. The molecule has 76 heavy (non-hydrogen) atoms. The maximum atomic E-state index is 9.33. The van der Waals surface area contributed by atoms with Gasteiger partial charge in [0.2, 0.25) is 0 Å². The highest BCUT2D eigenvalue weighted by Crippen LogP contribution is 2.54. The monoisotopic (exact) mass is 999 g/mol. The average Bonchev–Trinajstić information content (AvgIpc) is 2.82. The van der Waals surface area contributed by atoms with Gasteiger partial charge in [0.25, 0.3) is 6.71 Å². The molecular formula is C71H74BN3O. The van der Waals surface area contributed by atoms with Crippen LogP contribution in [-0.4, -0.2) is 6.71 Å². The highest BCUT2D eigenvalue weighted by molar-refractivity contribution is 7.00. The summed E-state index contributed by atoms with van der Waals surface area (Å²) < 4.78 is 34.9. The molecule has 5 heteroatoms. The molecule has 0 fully saturated rings. The zero-order valence-corrected chi connectivity index (χ0v) is 47.0. The lowest BCUT2D eigenvalue weighted by molar-refractivity contribution is 0.332. The summed E-state index contributed by atoms with van der Waals surface area (Å²) in [4.78, 5) is 7.22. The van der Waals surface area contributed by atoms with Crippen molar-refractivity contribution < 1.29 is 8.53 Å². The number of anilines is 9. The number of benzene rings is 8. The molecule has 9 aromatic rings. The Labute approximate surface area is 457 Å². The van der Waals surface area contributed by atoms with E-state index in [1.807, 2.05) is 12.1 Å². The zero-order chi connectivity index (χ0) is 55.7. The average molecular weight is 999 g/mol. The van der Waals surface area contributed by atoms with Gasteiger partial charge in [-0.25, -0.2) is 0 Å². The van der Waals surface area contributed by atoms with Crippen LogP contribution in [0.4, 0.5) is 51.2 Å². The molecule has 3 heterocycles. The van der Waals surface area contributed by atoms with E-state index in [2.05, 4.69) is 238 Å². The fourth-order valence-corrected chi connectivity index (χ4v) is 13.9. The van der Waals surface area contributed by atoms with E-state index in [1.54, 1.807) is 0 Å². The van der Waals surface area contributed by atoms with Crippen LogP contribution in [0.25, 0.3) is 21.9 Å². The van der Waals surface area contributed by atoms with Crippen LogP contribution in [0.2, 0.25) is 0 Å². The van der Waals surface area contributed by atoms with Gasteiger partial charge in [-0.2, -0.15) is 0 Å². The number of fused-ring (bicyclic) bond motifs is 9. The maximum Gasteiger partial charge on any atom is 0.252 e. The summed E-state index contributed by atoms with van der Waals surface area (Å²) in [7, 11) is 0. The van der Waals surface area contributed by atoms with Crippen molar-refractivity contribution in [3.63, 3.8) is 0 Å². The van der Waals surface area contributed by atoms with E-state index in [0.717, 1.165) is 121 Å². The van der Waals surface area contributed by atoms with Crippen LogP contribution in [0.3, 0.4) is 0 Å². The second-order valence-corrected chi connectivity index (χ2v) is 26.6. The van der Waals surface area contributed by atoms with Gasteiger partial charge >= 0.3 is 0 Å². The Morgan fingerprint density at radius 3 is 1.61 bits per heavy atom. The molecule has 0 bridgehead atoms. The van der Waals surface area contributed by atoms with Crippen LogP contribution < -0.4 is 31.1 Å². The Kier molecular flexibility index (Phi) is 9.83. The second kappa shape index (κ2) is 16.5. The standard InChI is InChI=1S/C71H74BN3O/c1-43-35-62-66-63(36-43)75(49-24-28-51-50-27-23-46(67(4,5)6)37-64(50)76-65(51)40-49)60-39-48(73(58-21-17-15-19-44(58)2)59-22-18-16-20-45(59)3)26-30-56(60)72(66)57-41-54-55(71(13,14)34-33-70(54,11)12)42-61(57)74(62)47-25-29-52-53(38-47)69(9,10)32-31-68(52,7)8/h15-30,35-42H,31-34H2,1-14H3/i1D3. The molecule has 2 aliphatic heterocycles. The van der Waals surface area contributed by atoms with Crippen molar-refractivity contribution in [1.82, 2.24) is 0 Å². The first-order chi connectivity index (χ1) is 37.2. The highest BCUT2D eigenvalue weighted by atomic mass is 16.3. The minimum Gasteiger partial charge on any atom is -0.456 e. The first-order valence-corrected chi connectivity index (χ1v) is 27.9. The summed E-state index contributed by atoms with van der Waals surface area (Å²) >= 11 is 0. The molecule has 4 nitrogen and oxygen atoms in total. The van der Waals surface area contributed by atoms with Crippen LogP contribution >= 0.6 is 0 Å². The molecule has 8 aromatic carbocycles. The quantitative estimate of drug-likeness (QED) is 0.160. The van der Waals surface area contributed by atoms with Gasteiger partial charge in [0, 0.05) is 72.1 Å². The third kappa shape index (κ3) is 7.38. The molecule has 0 saturated carbocycles. The van der Waals surface area contributed by atoms with Gasteiger partial charge in [-0.05, 0) is 207 Å². The Hall–Kier alpha value is -6.98. The predicted octanol–water partition coefficient (Wildman–Crippen LogP) is 18.1. The largest absolute Gasteiger partial charge is 0.456 e. The Bertz CT molecular complexity index is 3970. The van der Waals surface area contributed by atoms with Crippen molar-refractivity contribution in [2.75, 3.05) is 14.7 Å². The molecule has 1 aromatic heterocycles. The molecule has 0 amide bonds. The Morgan fingerprint density at radius 1 is 0.500 bits per heavy atom. The first-order valence-electron chi connectivity index (χ1n) is 29.4. The molecule has 382 valence electrons. The predicted molar refractivity (Wildman–Crippen MR) is 326 cm³/mol. The van der Waals surface area contributed by atoms with Gasteiger partial charge in [-0.15, -0.1) is 0 Å². The van der Waals surface area contributed by atoms with Gasteiger partial charge < -0.3 is 19.1 Å². The molecule has 0 N–H and O–H groups in total. The number of hydrogen-bond acceptors (Lipinski definition) is 4. The molecule has 13 rings (SSSR count). The molecule has 0 spiro atoms. The van der Waals surface area contributed by atoms with Crippen LogP contribution in [0.5, 0.6) is 0 Å². The topological polar surface area (TPSA) is 22.9 Å². The van der Waals surface area contributed by atoms with E-state index in [0.29, 0.717) is 5.56 Å². The molecule has 4 aliphatic rings. The van der Waals surface area contributed by atoms with Crippen molar-refractivity contribution in [2.45, 2.75) is 150 Å². The Balaban J connectivity index is 1.15. The smallest absolute Gasteiger partial charge is 0.252 e. The minimum atomic E-state index is -2.43. The van der Waals surface area contributed by atoms with Crippen LogP contribution in [0.15, 0.2) is 150 Å². The number of furan rings is 1. The molecule has 0 radical (unpaired) electrons. The summed E-state index contributed by atoms with van der Waals surface area (Å²) in [6.07, 6.45) is 4.37. The number of para-hydroxylation sites is 2. The van der Waals surface area contributed by atoms with Gasteiger partial charge in [-0.1, -0.05) is 143 Å². The van der Waals surface area contributed by atoms with Gasteiger partial charge in [-0.3, -0.25) is 0 Å². The minimum absolute atomic E-state index is 0.0240. The molecule has 0 saturated heterocycles. The van der Waals surface area contributed by atoms with Crippen molar-refractivity contribution in [3.05, 3.63) is 190 Å². The first kappa shape index (κ1) is 45.2. The third-order valence-electron chi connectivity index (χ3n) is 18.7. The van der Waals surface area contributed by atoms with E-state index in [4.69, 9.17) is 4.42 Å². The maximum absolute atomic E-state index is 9.33. The number of aryl methyl sites for hydroxylation is 3. The van der Waals surface area contributed by atoms with E-state index >= 15 is 0 Å². The van der Waals surface area contributed by atoms with E-state index < -0.39 is 6.85 Å². The van der Waals surface area contributed by atoms with Crippen molar-refractivity contribution in [2.24, 2.45) is 0 Å². The number of nitrogens with zero attached hydrogens (tertiary/aromatic N) is 3. The second-order valence-electron chi connectivity index (χ2n) is 26.6. The van der Waals surface area contributed by atoms with Crippen LogP contribution in [0, 0.1) is 20.7 Å². The zero-order valence-electron chi connectivity index (χ0n) is 50.0. The van der Waals surface area contributed by atoms with Crippen molar-refractivity contribution in [1.29, 1.82) is 0 Å². The number of hydrogen-bond donors (Lipinski definition) is 0. The third-order valence-corrected chi connectivity index (χ3v) is 18.7. The van der Waals surface area contributed by atoms with Crippen molar-refractivity contribution in [3.8, 4) is 0 Å². The molecule has 0 atom stereocenters. The fraction of sp³-hybridized carbons (Fsp3) is 0.324. The Morgan fingerprint density at radius 2 is 1.01 bits per heavy atom. The van der Waals surface area contributed by atoms with Crippen LogP contribution in [-0.2, 0) is 27.1 Å². The van der Waals surface area contributed by atoms with E-state index in [9.17, 15) is 4.11 Å². The highest BCUT2D eigenvalue weighted by Gasteiger charge is 2.47. The van der Waals surface area contributed by atoms with E-state index in [-0.39, 0.29) is 33.8 Å². The van der Waals surface area contributed by atoms with Gasteiger partial charge in [0.1, 0.15) is 11.2 Å². The lowest BCUT2D eigenvalue weighted by Crippen LogP contribution is -2.62. The van der Waals surface area contributed by atoms with Crippen molar-refractivity contribution >= 4 is 96.2 Å². The fourth-order valence-electron chi connectivity index (χ4n) is 13.9. The lowest BCUT2D eigenvalue weighted by atomic mass is 9.33. The lowest BCUT2D eigenvalue weighted by Gasteiger charge is -2.48. The molecular weight excluding hydrogens is 922 g/mol. The number of rotatable bonds is 5. The van der Waals surface area contributed by atoms with E-state index in [1.165, 1.54) is 33.3 Å². The summed E-state index contributed by atoms with van der Waals surface area (Å²) in [5.41, 5.74) is 23.3. The normalized spacial score (nSPS) is 18.2. The summed E-state index contributed by atoms with van der Waals surface area (Å²) in [5.74, 6) is 0. The van der Waals surface area contributed by atoms with Gasteiger partial charge in [0.15, 0.2) is 0 Å². The summed E-state index contributed by atoms with van der Waals surface area (Å²) in [5, 5.41) is 2.11. The molecule has 2 aliphatic carbocycles. The molecule has 0 unspecified atom stereocenters. The summed E-state index contributed by atoms with van der Waals surface area (Å²) in [6.45, 7) is 27.7. The SMILES string of the molecule is [2H]C([2H])([2H])c1cc2c3c(c1)N(c1ccc4c(c1)C(C)(C)CCC4(C)C)c1cc4c(cc1B3c1ccc(N(c3ccccc3C)c3ccccc3C)cc1N2c1ccc2c(c1)oc1cc(C(C)(C)C)ccc12)C(C)(C)CCC4(C)C. The van der Waals surface area contributed by atoms with Gasteiger partial charge in [0.05, 0.1) is 0 Å².